The number of amides is 1. The zero-order valence-electron chi connectivity index (χ0n) is 14.1. The molecule has 2 saturated heterocycles. The average molecular weight is 351 g/mol. The molecule has 0 aromatic heterocycles. The number of carbonyl (C=O) groups excluding carboxylic acids is 1. The molecule has 0 spiro atoms. The summed E-state index contributed by atoms with van der Waals surface area (Å²) in [4.78, 5) is 17.0. The lowest BCUT2D eigenvalue weighted by Gasteiger charge is -2.37. The van der Waals surface area contributed by atoms with Crippen LogP contribution in [-0.4, -0.2) is 68.1 Å². The lowest BCUT2D eigenvalue weighted by molar-refractivity contribution is -0.117. The molecule has 132 valence electrons. The Morgan fingerprint density at radius 3 is 2.67 bits per heavy atom. The van der Waals surface area contributed by atoms with Gasteiger partial charge in [-0.25, -0.2) is 0 Å². The second-order valence-corrected chi connectivity index (χ2v) is 7.22. The lowest BCUT2D eigenvalue weighted by atomic mass is 9.99. The highest BCUT2D eigenvalue weighted by molar-refractivity contribution is 6.33. The quantitative estimate of drug-likeness (QED) is 0.851. The SMILES string of the molecule is O=C(CN1CCN(CC2CCCNC2)CC1)Nc1ccccc1Cl. The van der Waals surface area contributed by atoms with Crippen molar-refractivity contribution in [3.63, 3.8) is 0 Å². The summed E-state index contributed by atoms with van der Waals surface area (Å²) in [6.45, 7) is 7.96. The van der Waals surface area contributed by atoms with E-state index in [0.717, 1.165) is 38.6 Å². The Balaban J connectivity index is 1.38. The van der Waals surface area contributed by atoms with Gasteiger partial charge in [0.25, 0.3) is 0 Å². The molecular formula is C18H27ClN4O. The van der Waals surface area contributed by atoms with E-state index in [4.69, 9.17) is 11.6 Å². The van der Waals surface area contributed by atoms with Crippen molar-refractivity contribution in [2.24, 2.45) is 5.92 Å². The number of hydrogen-bond donors (Lipinski definition) is 2. The minimum Gasteiger partial charge on any atom is -0.324 e. The van der Waals surface area contributed by atoms with Gasteiger partial charge in [0.15, 0.2) is 0 Å². The molecule has 1 amide bonds. The molecule has 3 rings (SSSR count). The molecule has 1 atom stereocenters. The first-order valence-corrected chi connectivity index (χ1v) is 9.28. The number of hydrogen-bond acceptors (Lipinski definition) is 4. The Hall–Kier alpha value is -1.14. The maximum absolute atomic E-state index is 12.2. The number of benzene rings is 1. The second-order valence-electron chi connectivity index (χ2n) is 6.82. The van der Waals surface area contributed by atoms with Crippen molar-refractivity contribution < 1.29 is 4.79 Å². The van der Waals surface area contributed by atoms with Crippen molar-refractivity contribution >= 4 is 23.2 Å². The number of carbonyl (C=O) groups is 1. The molecule has 24 heavy (non-hydrogen) atoms. The number of halogens is 1. The standard InChI is InChI=1S/C18H27ClN4O/c19-16-5-1-2-6-17(16)21-18(24)14-23-10-8-22(9-11-23)13-15-4-3-7-20-12-15/h1-2,5-6,15,20H,3-4,7-14H2,(H,21,24). The third-order valence-electron chi connectivity index (χ3n) is 4.90. The third-order valence-corrected chi connectivity index (χ3v) is 5.22. The summed E-state index contributed by atoms with van der Waals surface area (Å²) in [5.41, 5.74) is 0.688. The molecule has 5 nitrogen and oxygen atoms in total. The minimum atomic E-state index is 0.00744. The highest BCUT2D eigenvalue weighted by Gasteiger charge is 2.22. The molecule has 1 aromatic rings. The van der Waals surface area contributed by atoms with Gasteiger partial charge in [0.1, 0.15) is 0 Å². The molecule has 0 aliphatic carbocycles. The maximum atomic E-state index is 12.2. The first-order chi connectivity index (χ1) is 11.7. The van der Waals surface area contributed by atoms with E-state index in [0.29, 0.717) is 17.3 Å². The average Bonchev–Trinajstić information content (AvgIpc) is 2.60. The lowest BCUT2D eigenvalue weighted by Crippen LogP contribution is -2.50. The maximum Gasteiger partial charge on any atom is 0.238 e. The molecule has 2 heterocycles. The van der Waals surface area contributed by atoms with Gasteiger partial charge in [-0.2, -0.15) is 0 Å². The van der Waals surface area contributed by atoms with Crippen molar-refractivity contribution in [1.82, 2.24) is 15.1 Å². The number of para-hydroxylation sites is 1. The van der Waals surface area contributed by atoms with Gasteiger partial charge >= 0.3 is 0 Å². The summed E-state index contributed by atoms with van der Waals surface area (Å²) in [5.74, 6) is 0.793. The number of nitrogens with one attached hydrogen (secondary N) is 2. The molecule has 2 fully saturated rings. The Morgan fingerprint density at radius 1 is 1.21 bits per heavy atom. The van der Waals surface area contributed by atoms with Crippen molar-refractivity contribution in [1.29, 1.82) is 0 Å². The summed E-state index contributed by atoms with van der Waals surface area (Å²) in [7, 11) is 0. The summed E-state index contributed by atoms with van der Waals surface area (Å²) < 4.78 is 0. The van der Waals surface area contributed by atoms with Crippen LogP contribution < -0.4 is 10.6 Å². The van der Waals surface area contributed by atoms with Crippen LogP contribution in [0.25, 0.3) is 0 Å². The molecule has 2 N–H and O–H groups in total. The molecule has 0 radical (unpaired) electrons. The molecule has 0 saturated carbocycles. The van der Waals surface area contributed by atoms with Gasteiger partial charge in [-0.15, -0.1) is 0 Å². The first kappa shape index (κ1) is 17.7. The Labute approximate surface area is 149 Å². The predicted octanol–water partition coefficient (Wildman–Crippen LogP) is 1.90. The number of anilines is 1. The van der Waals surface area contributed by atoms with Gasteiger partial charge in [-0.05, 0) is 44.0 Å². The van der Waals surface area contributed by atoms with Gasteiger partial charge < -0.3 is 15.5 Å². The van der Waals surface area contributed by atoms with Crippen molar-refractivity contribution in [2.75, 3.05) is 57.7 Å². The summed E-state index contributed by atoms with van der Waals surface area (Å²) >= 11 is 6.08. The van der Waals surface area contributed by atoms with Crippen molar-refractivity contribution in [3.05, 3.63) is 29.3 Å². The van der Waals surface area contributed by atoms with Crippen LogP contribution in [0, 0.1) is 5.92 Å². The van der Waals surface area contributed by atoms with Gasteiger partial charge in [0.2, 0.25) is 5.91 Å². The zero-order valence-corrected chi connectivity index (χ0v) is 14.9. The van der Waals surface area contributed by atoms with E-state index in [1.54, 1.807) is 6.07 Å². The Morgan fingerprint density at radius 2 is 1.96 bits per heavy atom. The molecule has 2 aliphatic rings. The van der Waals surface area contributed by atoms with Gasteiger partial charge in [-0.1, -0.05) is 23.7 Å². The molecule has 2 aliphatic heterocycles. The first-order valence-electron chi connectivity index (χ1n) is 8.90. The van der Waals surface area contributed by atoms with E-state index in [9.17, 15) is 4.79 Å². The van der Waals surface area contributed by atoms with Crippen LogP contribution in [-0.2, 0) is 4.79 Å². The van der Waals surface area contributed by atoms with E-state index in [1.807, 2.05) is 18.2 Å². The van der Waals surface area contributed by atoms with Crippen molar-refractivity contribution in [3.8, 4) is 0 Å². The fourth-order valence-corrected chi connectivity index (χ4v) is 3.71. The monoisotopic (exact) mass is 350 g/mol. The van der Waals surface area contributed by atoms with E-state index in [-0.39, 0.29) is 5.91 Å². The van der Waals surface area contributed by atoms with Crippen LogP contribution in [0.3, 0.4) is 0 Å². The van der Waals surface area contributed by atoms with Crippen LogP contribution in [0.5, 0.6) is 0 Å². The zero-order chi connectivity index (χ0) is 16.8. The normalized spacial score (nSPS) is 23.1. The number of piperidine rings is 1. The summed E-state index contributed by atoms with van der Waals surface area (Å²) in [6.07, 6.45) is 2.64. The fraction of sp³-hybridized carbons (Fsp3) is 0.611. The van der Waals surface area contributed by atoms with E-state index in [2.05, 4.69) is 20.4 Å². The predicted molar refractivity (Wildman–Crippen MR) is 98.6 cm³/mol. The van der Waals surface area contributed by atoms with Crippen LogP contribution in [0.4, 0.5) is 5.69 Å². The van der Waals surface area contributed by atoms with E-state index < -0.39 is 0 Å². The Bertz CT molecular complexity index is 540. The highest BCUT2D eigenvalue weighted by Crippen LogP contribution is 2.20. The smallest absolute Gasteiger partial charge is 0.238 e. The fourth-order valence-electron chi connectivity index (χ4n) is 3.53. The number of rotatable bonds is 5. The van der Waals surface area contributed by atoms with E-state index >= 15 is 0 Å². The van der Waals surface area contributed by atoms with Crippen LogP contribution in [0.1, 0.15) is 12.8 Å². The van der Waals surface area contributed by atoms with Crippen molar-refractivity contribution in [2.45, 2.75) is 12.8 Å². The van der Waals surface area contributed by atoms with Gasteiger partial charge in [0.05, 0.1) is 17.3 Å². The third kappa shape index (κ3) is 5.18. The topological polar surface area (TPSA) is 47.6 Å². The van der Waals surface area contributed by atoms with Crippen LogP contribution in [0.2, 0.25) is 5.02 Å². The van der Waals surface area contributed by atoms with Gasteiger partial charge in [-0.3, -0.25) is 9.69 Å². The number of piperazine rings is 1. The molecule has 1 aromatic carbocycles. The van der Waals surface area contributed by atoms with Gasteiger partial charge in [0, 0.05) is 32.7 Å². The molecule has 0 bridgehead atoms. The van der Waals surface area contributed by atoms with Crippen LogP contribution >= 0.6 is 11.6 Å². The second kappa shape index (κ2) is 8.81. The molecule has 1 unspecified atom stereocenters. The minimum absolute atomic E-state index is 0.00744. The Kier molecular flexibility index (Phi) is 6.49. The summed E-state index contributed by atoms with van der Waals surface area (Å²) in [5, 5.41) is 6.97. The molecular weight excluding hydrogens is 324 g/mol. The number of nitrogens with zero attached hydrogens (tertiary/aromatic N) is 2. The molecule has 6 heteroatoms. The largest absolute Gasteiger partial charge is 0.324 e. The summed E-state index contributed by atoms with van der Waals surface area (Å²) in [6, 6.07) is 7.35. The van der Waals surface area contributed by atoms with Crippen LogP contribution in [0.15, 0.2) is 24.3 Å². The highest BCUT2D eigenvalue weighted by atomic mass is 35.5. The van der Waals surface area contributed by atoms with E-state index in [1.165, 1.54) is 25.9 Å².